The van der Waals surface area contributed by atoms with Crippen molar-refractivity contribution in [2.45, 2.75) is 79.6 Å². The van der Waals surface area contributed by atoms with E-state index in [1.807, 2.05) is 20.8 Å². The molecule has 0 saturated heterocycles. The Labute approximate surface area is 162 Å². The normalized spacial score (nSPS) is 10.5. The van der Waals surface area contributed by atoms with Crippen molar-refractivity contribution in [2.24, 2.45) is 10.7 Å². The molecule has 0 radical (unpaired) electrons. The second kappa shape index (κ2) is 14.5. The molecule has 148 valence electrons. The first kappa shape index (κ1) is 24.3. The van der Waals surface area contributed by atoms with Crippen molar-refractivity contribution in [2.75, 3.05) is 6.61 Å². The molecule has 0 saturated carbocycles. The Morgan fingerprint density at radius 2 is 1.73 bits per heavy atom. The van der Waals surface area contributed by atoms with Crippen molar-refractivity contribution in [1.29, 1.82) is 0 Å². The van der Waals surface area contributed by atoms with Crippen LogP contribution in [0.15, 0.2) is 4.99 Å². The van der Waals surface area contributed by atoms with Crippen LogP contribution < -0.4 is 5.73 Å². The highest BCUT2D eigenvalue weighted by atomic mass is 32.1. The summed E-state index contributed by atoms with van der Waals surface area (Å²) in [4.78, 5) is 28.5. The number of ether oxygens (including phenoxy) is 1. The summed E-state index contributed by atoms with van der Waals surface area (Å²) >= 11 is 1.14. The zero-order chi connectivity index (χ0) is 19.9. The van der Waals surface area contributed by atoms with Crippen molar-refractivity contribution in [3.8, 4) is 0 Å². The number of nitrogens with zero attached hydrogens (tertiary/aromatic N) is 1. The third-order valence-corrected chi connectivity index (χ3v) is 4.89. The summed E-state index contributed by atoms with van der Waals surface area (Å²) < 4.78 is 5.37. The molecule has 0 bridgehead atoms. The number of aliphatic imine (C=N–C) groups is 1. The average molecular weight is 383 g/mol. The molecule has 26 heavy (non-hydrogen) atoms. The fourth-order valence-electron chi connectivity index (χ4n) is 2.36. The smallest absolute Gasteiger partial charge is 0.341 e. The van der Waals surface area contributed by atoms with Gasteiger partial charge in [-0.1, -0.05) is 59.8 Å². The van der Waals surface area contributed by atoms with Gasteiger partial charge < -0.3 is 10.5 Å². The molecule has 0 aliphatic heterocycles. The van der Waals surface area contributed by atoms with E-state index in [-0.39, 0.29) is 0 Å². The summed E-state index contributed by atoms with van der Waals surface area (Å²) in [5.74, 6) is -0.964. The van der Waals surface area contributed by atoms with E-state index in [9.17, 15) is 9.59 Å². The van der Waals surface area contributed by atoms with E-state index in [1.165, 1.54) is 25.7 Å². The molecule has 6 heteroatoms. The Bertz CT molecular complexity index is 580. The Kier molecular flexibility index (Phi) is 13.5. The van der Waals surface area contributed by atoms with E-state index in [1.54, 1.807) is 13.1 Å². The molecule has 0 fully saturated rings. The molecule has 2 N–H and O–H groups in total. The lowest BCUT2D eigenvalue weighted by molar-refractivity contribution is 0.0498. The molecule has 1 heterocycles. The van der Waals surface area contributed by atoms with Gasteiger partial charge in [0.1, 0.15) is 10.6 Å². The fraction of sp³-hybridized carbons (Fsp3) is 0.650. The second-order valence-electron chi connectivity index (χ2n) is 5.72. The van der Waals surface area contributed by atoms with Crippen LogP contribution >= 0.6 is 11.3 Å². The molecule has 1 aromatic heterocycles. The summed E-state index contributed by atoms with van der Waals surface area (Å²) in [5, 5.41) is 0.496. The van der Waals surface area contributed by atoms with Crippen molar-refractivity contribution in [3.63, 3.8) is 0 Å². The second-order valence-corrected chi connectivity index (χ2v) is 6.72. The van der Waals surface area contributed by atoms with Crippen LogP contribution in [0.1, 0.15) is 98.2 Å². The number of esters is 1. The van der Waals surface area contributed by atoms with E-state index < -0.39 is 11.9 Å². The lowest BCUT2D eigenvalue weighted by Gasteiger charge is -2.06. The molecule has 1 amide bonds. The number of thiophene rings is 1. The van der Waals surface area contributed by atoms with Gasteiger partial charge in [0.15, 0.2) is 0 Å². The van der Waals surface area contributed by atoms with Gasteiger partial charge in [-0.2, -0.15) is 0 Å². The van der Waals surface area contributed by atoms with Gasteiger partial charge in [0.25, 0.3) is 5.91 Å². The number of hydrogen-bond acceptors (Lipinski definition) is 5. The first-order valence-electron chi connectivity index (χ1n) is 9.65. The van der Waals surface area contributed by atoms with Crippen LogP contribution in [0.4, 0.5) is 5.00 Å². The SMILES string of the molecule is CC.CC/C=N/c1sc(C(N)=O)c(C)c1C(=O)OCCCCCCCC. The number of rotatable bonds is 11. The van der Waals surface area contributed by atoms with E-state index in [2.05, 4.69) is 11.9 Å². The summed E-state index contributed by atoms with van der Waals surface area (Å²) in [6.07, 6.45) is 9.23. The predicted molar refractivity (Wildman–Crippen MR) is 111 cm³/mol. The van der Waals surface area contributed by atoms with Gasteiger partial charge in [-0.25, -0.2) is 9.79 Å². The van der Waals surface area contributed by atoms with Crippen molar-refractivity contribution >= 4 is 34.4 Å². The molecule has 0 atom stereocenters. The first-order chi connectivity index (χ1) is 12.5. The largest absolute Gasteiger partial charge is 0.462 e. The third kappa shape index (κ3) is 8.13. The fourth-order valence-corrected chi connectivity index (χ4v) is 3.37. The lowest BCUT2D eigenvalue weighted by atomic mass is 10.1. The predicted octanol–water partition coefficient (Wildman–Crippen LogP) is 5.81. The molecule has 0 unspecified atom stereocenters. The molecular formula is C20H34N2O3S. The summed E-state index contributed by atoms with van der Waals surface area (Å²) in [6, 6.07) is 0. The number of nitrogens with two attached hydrogens (primary N) is 1. The zero-order valence-electron chi connectivity index (χ0n) is 16.9. The Hall–Kier alpha value is -1.69. The van der Waals surface area contributed by atoms with Crippen molar-refractivity contribution in [3.05, 3.63) is 16.0 Å². The maximum atomic E-state index is 12.4. The van der Waals surface area contributed by atoms with Gasteiger partial charge in [0.2, 0.25) is 0 Å². The number of primary amides is 1. The summed E-state index contributed by atoms with van der Waals surface area (Å²) in [5.41, 5.74) is 6.30. The highest BCUT2D eigenvalue weighted by Gasteiger charge is 2.24. The standard InChI is InChI=1S/C18H28N2O3S.C2H6/c1-4-6-7-8-9-10-12-23-18(22)14-13(3)15(16(19)21)24-17(14)20-11-5-2;1-2/h11H,4-10,12H2,1-3H3,(H2,19,21);1-2H3/b20-11+;. The Balaban J connectivity index is 0.00000301. The van der Waals surface area contributed by atoms with Crippen LogP contribution in [-0.2, 0) is 4.74 Å². The summed E-state index contributed by atoms with van der Waals surface area (Å²) in [7, 11) is 0. The number of carbonyl (C=O) groups is 2. The monoisotopic (exact) mass is 382 g/mol. The molecule has 1 rings (SSSR count). The van der Waals surface area contributed by atoms with Crippen LogP contribution in [0.25, 0.3) is 0 Å². The van der Waals surface area contributed by atoms with E-state index in [0.717, 1.165) is 30.6 Å². The Morgan fingerprint density at radius 1 is 1.12 bits per heavy atom. The van der Waals surface area contributed by atoms with Crippen molar-refractivity contribution < 1.29 is 14.3 Å². The highest BCUT2D eigenvalue weighted by molar-refractivity contribution is 7.18. The third-order valence-electron chi connectivity index (χ3n) is 3.68. The van der Waals surface area contributed by atoms with E-state index in [4.69, 9.17) is 10.5 Å². The number of unbranched alkanes of at least 4 members (excludes halogenated alkanes) is 5. The molecule has 0 aliphatic rings. The van der Waals surface area contributed by atoms with Gasteiger partial charge in [-0.3, -0.25) is 4.79 Å². The van der Waals surface area contributed by atoms with Crippen LogP contribution in [-0.4, -0.2) is 24.7 Å². The minimum absolute atomic E-state index is 0.365. The molecular weight excluding hydrogens is 348 g/mol. The summed E-state index contributed by atoms with van der Waals surface area (Å²) in [6.45, 7) is 10.2. The Morgan fingerprint density at radius 3 is 2.31 bits per heavy atom. The van der Waals surface area contributed by atoms with Crippen LogP contribution in [0.5, 0.6) is 0 Å². The van der Waals surface area contributed by atoms with Gasteiger partial charge in [-0.15, -0.1) is 11.3 Å². The quantitative estimate of drug-likeness (QED) is 0.298. The molecule has 0 aliphatic carbocycles. The van der Waals surface area contributed by atoms with Gasteiger partial charge in [0, 0.05) is 6.21 Å². The topological polar surface area (TPSA) is 81.8 Å². The number of amides is 1. The van der Waals surface area contributed by atoms with E-state index >= 15 is 0 Å². The average Bonchev–Trinajstić information content (AvgIpc) is 2.97. The van der Waals surface area contributed by atoms with Gasteiger partial charge in [0.05, 0.1) is 11.5 Å². The van der Waals surface area contributed by atoms with Crippen LogP contribution in [0.3, 0.4) is 0 Å². The molecule has 5 nitrogen and oxygen atoms in total. The first-order valence-corrected chi connectivity index (χ1v) is 10.5. The molecule has 1 aromatic rings. The van der Waals surface area contributed by atoms with Gasteiger partial charge >= 0.3 is 5.97 Å². The van der Waals surface area contributed by atoms with Crippen LogP contribution in [0, 0.1) is 6.92 Å². The maximum Gasteiger partial charge on any atom is 0.341 e. The zero-order valence-corrected chi connectivity index (χ0v) is 17.7. The maximum absolute atomic E-state index is 12.4. The minimum Gasteiger partial charge on any atom is -0.462 e. The van der Waals surface area contributed by atoms with E-state index in [0.29, 0.717) is 27.6 Å². The van der Waals surface area contributed by atoms with Gasteiger partial charge in [-0.05, 0) is 25.3 Å². The van der Waals surface area contributed by atoms with Crippen LogP contribution in [0.2, 0.25) is 0 Å². The molecule has 0 spiro atoms. The highest BCUT2D eigenvalue weighted by Crippen LogP contribution is 2.35. The number of hydrogen-bond donors (Lipinski definition) is 1. The lowest BCUT2D eigenvalue weighted by Crippen LogP contribution is -2.12. The number of carbonyl (C=O) groups excluding carboxylic acids is 2. The molecule has 0 aromatic carbocycles. The van der Waals surface area contributed by atoms with Crippen molar-refractivity contribution in [1.82, 2.24) is 0 Å². The minimum atomic E-state index is -0.541.